The SMILES string of the molecule is CC(=O)CCOc1ccc([N+](=O)[O-])cc1. The lowest BCUT2D eigenvalue weighted by atomic mass is 10.3. The van der Waals surface area contributed by atoms with E-state index in [1.807, 2.05) is 0 Å². The Labute approximate surface area is 86.8 Å². The molecule has 0 aromatic heterocycles. The molecule has 1 rings (SSSR count). The third-order valence-electron chi connectivity index (χ3n) is 1.77. The Hall–Kier alpha value is -1.91. The van der Waals surface area contributed by atoms with E-state index in [0.29, 0.717) is 18.8 Å². The van der Waals surface area contributed by atoms with Crippen LogP contribution in [0.2, 0.25) is 0 Å². The van der Waals surface area contributed by atoms with Gasteiger partial charge in [-0.3, -0.25) is 14.9 Å². The van der Waals surface area contributed by atoms with Gasteiger partial charge in [-0.1, -0.05) is 0 Å². The molecule has 80 valence electrons. The van der Waals surface area contributed by atoms with Crippen molar-refractivity contribution in [1.29, 1.82) is 0 Å². The molecule has 0 spiro atoms. The molecule has 0 saturated heterocycles. The van der Waals surface area contributed by atoms with Crippen molar-refractivity contribution in [1.82, 2.24) is 0 Å². The summed E-state index contributed by atoms with van der Waals surface area (Å²) in [4.78, 5) is 20.5. The minimum Gasteiger partial charge on any atom is -0.493 e. The highest BCUT2D eigenvalue weighted by molar-refractivity contribution is 5.75. The maximum atomic E-state index is 10.6. The Morgan fingerprint density at radius 3 is 2.47 bits per heavy atom. The zero-order valence-corrected chi connectivity index (χ0v) is 8.30. The number of nitro benzene ring substituents is 1. The highest BCUT2D eigenvalue weighted by Gasteiger charge is 2.04. The number of nitro groups is 1. The number of ether oxygens (including phenoxy) is 1. The molecule has 0 saturated carbocycles. The smallest absolute Gasteiger partial charge is 0.269 e. The van der Waals surface area contributed by atoms with E-state index in [2.05, 4.69) is 0 Å². The van der Waals surface area contributed by atoms with Gasteiger partial charge >= 0.3 is 0 Å². The highest BCUT2D eigenvalue weighted by Crippen LogP contribution is 2.17. The second kappa shape index (κ2) is 5.09. The van der Waals surface area contributed by atoms with E-state index in [4.69, 9.17) is 4.74 Å². The molecule has 0 N–H and O–H groups in total. The summed E-state index contributed by atoms with van der Waals surface area (Å²) in [7, 11) is 0. The molecule has 0 amide bonds. The summed E-state index contributed by atoms with van der Waals surface area (Å²) in [5.74, 6) is 0.582. The molecule has 5 nitrogen and oxygen atoms in total. The fourth-order valence-corrected chi connectivity index (χ4v) is 0.977. The Balaban J connectivity index is 2.50. The van der Waals surface area contributed by atoms with Crippen molar-refractivity contribution < 1.29 is 14.5 Å². The number of Topliss-reactive ketones (excluding diaryl/α,β-unsaturated/α-hetero) is 1. The van der Waals surface area contributed by atoms with Gasteiger partial charge < -0.3 is 4.74 Å². The number of benzene rings is 1. The fourth-order valence-electron chi connectivity index (χ4n) is 0.977. The monoisotopic (exact) mass is 209 g/mol. The number of hydrogen-bond donors (Lipinski definition) is 0. The van der Waals surface area contributed by atoms with Gasteiger partial charge in [0.25, 0.3) is 5.69 Å². The molecule has 0 aliphatic rings. The number of ketones is 1. The molecule has 0 aliphatic heterocycles. The molecule has 1 aromatic carbocycles. The molecule has 0 aliphatic carbocycles. The minimum atomic E-state index is -0.473. The average Bonchev–Trinajstić information content (AvgIpc) is 2.18. The molecule has 5 heteroatoms. The van der Waals surface area contributed by atoms with Crippen LogP contribution in [0.1, 0.15) is 13.3 Å². The van der Waals surface area contributed by atoms with Crippen LogP contribution in [0, 0.1) is 10.1 Å². The first-order valence-corrected chi connectivity index (χ1v) is 4.46. The third kappa shape index (κ3) is 3.76. The molecule has 0 bridgehead atoms. The van der Waals surface area contributed by atoms with E-state index in [9.17, 15) is 14.9 Å². The van der Waals surface area contributed by atoms with Crippen LogP contribution in [0.5, 0.6) is 5.75 Å². The van der Waals surface area contributed by atoms with Crippen molar-refractivity contribution in [2.75, 3.05) is 6.61 Å². The zero-order chi connectivity index (χ0) is 11.3. The van der Waals surface area contributed by atoms with Gasteiger partial charge in [-0.2, -0.15) is 0 Å². The van der Waals surface area contributed by atoms with Crippen LogP contribution >= 0.6 is 0 Å². The number of non-ortho nitro benzene ring substituents is 1. The summed E-state index contributed by atoms with van der Waals surface area (Å²) < 4.78 is 5.21. The lowest BCUT2D eigenvalue weighted by molar-refractivity contribution is -0.384. The fraction of sp³-hybridized carbons (Fsp3) is 0.300. The Kier molecular flexibility index (Phi) is 3.79. The van der Waals surface area contributed by atoms with E-state index in [1.54, 1.807) is 0 Å². The van der Waals surface area contributed by atoms with Crippen LogP contribution in [0.15, 0.2) is 24.3 Å². The Bertz CT molecular complexity index is 358. The molecule has 0 radical (unpaired) electrons. The molecular formula is C10H11NO4. The topological polar surface area (TPSA) is 69.4 Å². The summed E-state index contributed by atoms with van der Waals surface area (Å²) in [5.41, 5.74) is 0.0221. The predicted molar refractivity (Wildman–Crippen MR) is 53.9 cm³/mol. The summed E-state index contributed by atoms with van der Waals surface area (Å²) in [6, 6.07) is 5.75. The number of nitrogens with zero attached hydrogens (tertiary/aromatic N) is 1. The van der Waals surface area contributed by atoms with Gasteiger partial charge in [-0.15, -0.1) is 0 Å². The van der Waals surface area contributed by atoms with Crippen LogP contribution < -0.4 is 4.74 Å². The quantitative estimate of drug-likeness (QED) is 0.549. The standard InChI is InChI=1S/C10H11NO4/c1-8(12)6-7-15-10-4-2-9(3-5-10)11(13)14/h2-5H,6-7H2,1H3. The second-order valence-corrected chi connectivity index (χ2v) is 3.05. The van der Waals surface area contributed by atoms with Crippen molar-refractivity contribution in [3.63, 3.8) is 0 Å². The van der Waals surface area contributed by atoms with Gasteiger partial charge in [-0.05, 0) is 19.1 Å². The Morgan fingerprint density at radius 2 is 2.00 bits per heavy atom. The number of hydrogen-bond acceptors (Lipinski definition) is 4. The van der Waals surface area contributed by atoms with Crippen molar-refractivity contribution in [3.05, 3.63) is 34.4 Å². The van der Waals surface area contributed by atoms with Gasteiger partial charge in [-0.25, -0.2) is 0 Å². The number of carbonyl (C=O) groups excluding carboxylic acids is 1. The van der Waals surface area contributed by atoms with Crippen molar-refractivity contribution in [2.45, 2.75) is 13.3 Å². The van der Waals surface area contributed by atoms with Gasteiger partial charge in [0.05, 0.1) is 11.5 Å². The lowest BCUT2D eigenvalue weighted by Crippen LogP contribution is -2.02. The van der Waals surface area contributed by atoms with Crippen LogP contribution in [0.25, 0.3) is 0 Å². The molecular weight excluding hydrogens is 198 g/mol. The van der Waals surface area contributed by atoms with Gasteiger partial charge in [0.15, 0.2) is 0 Å². The van der Waals surface area contributed by atoms with E-state index < -0.39 is 4.92 Å². The first kappa shape index (κ1) is 11.2. The van der Waals surface area contributed by atoms with Crippen LogP contribution in [-0.2, 0) is 4.79 Å². The number of rotatable bonds is 5. The van der Waals surface area contributed by atoms with E-state index in [0.717, 1.165) is 0 Å². The molecule has 0 heterocycles. The maximum Gasteiger partial charge on any atom is 0.269 e. The largest absolute Gasteiger partial charge is 0.493 e. The van der Waals surface area contributed by atoms with Crippen LogP contribution in [-0.4, -0.2) is 17.3 Å². The van der Waals surface area contributed by atoms with E-state index in [-0.39, 0.29) is 11.5 Å². The predicted octanol–water partition coefficient (Wildman–Crippen LogP) is 1.95. The summed E-state index contributed by atoms with van der Waals surface area (Å²) in [6.07, 6.45) is 0.344. The first-order chi connectivity index (χ1) is 7.09. The minimum absolute atomic E-state index is 0.0221. The zero-order valence-electron chi connectivity index (χ0n) is 8.30. The van der Waals surface area contributed by atoms with Gasteiger partial charge in [0, 0.05) is 18.6 Å². The Morgan fingerprint density at radius 1 is 1.40 bits per heavy atom. The number of carbonyl (C=O) groups is 1. The average molecular weight is 209 g/mol. The molecule has 0 atom stereocenters. The van der Waals surface area contributed by atoms with Gasteiger partial charge in [0.1, 0.15) is 11.5 Å². The van der Waals surface area contributed by atoms with E-state index >= 15 is 0 Å². The molecule has 0 unspecified atom stereocenters. The van der Waals surface area contributed by atoms with Crippen LogP contribution in [0.4, 0.5) is 5.69 Å². The maximum absolute atomic E-state index is 10.6. The summed E-state index contributed by atoms with van der Waals surface area (Å²) in [6.45, 7) is 1.78. The summed E-state index contributed by atoms with van der Waals surface area (Å²) >= 11 is 0. The second-order valence-electron chi connectivity index (χ2n) is 3.05. The van der Waals surface area contributed by atoms with Crippen molar-refractivity contribution in [3.8, 4) is 5.75 Å². The van der Waals surface area contributed by atoms with Gasteiger partial charge in [0.2, 0.25) is 0 Å². The molecule has 1 aromatic rings. The molecule has 15 heavy (non-hydrogen) atoms. The van der Waals surface area contributed by atoms with Crippen molar-refractivity contribution >= 4 is 11.5 Å². The third-order valence-corrected chi connectivity index (χ3v) is 1.77. The summed E-state index contributed by atoms with van der Waals surface area (Å²) in [5, 5.41) is 10.3. The highest BCUT2D eigenvalue weighted by atomic mass is 16.6. The van der Waals surface area contributed by atoms with Crippen molar-refractivity contribution in [2.24, 2.45) is 0 Å². The lowest BCUT2D eigenvalue weighted by Gasteiger charge is -2.03. The van der Waals surface area contributed by atoms with Crippen LogP contribution in [0.3, 0.4) is 0 Å². The van der Waals surface area contributed by atoms with E-state index in [1.165, 1.54) is 31.2 Å². The first-order valence-electron chi connectivity index (χ1n) is 4.46. The molecule has 0 fully saturated rings. The normalized spacial score (nSPS) is 9.67.